The lowest BCUT2D eigenvalue weighted by Crippen LogP contribution is -2.04. The first-order valence-corrected chi connectivity index (χ1v) is 7.55. The van der Waals surface area contributed by atoms with E-state index in [1.807, 2.05) is 12.1 Å². The molecule has 1 atom stereocenters. The standard InChI is InChI=1S/C15H13Br2FO2/c1-20-15-5-3-10(16)8-11(15)14(19)7-9-2-4-13(18)12(17)6-9/h2-6,8,14,19H,7H2,1H3. The number of ether oxygens (including phenoxy) is 1. The fraction of sp³-hybridized carbons (Fsp3) is 0.200. The van der Waals surface area contributed by atoms with Crippen molar-refractivity contribution < 1.29 is 14.2 Å². The van der Waals surface area contributed by atoms with Gasteiger partial charge in [-0.05, 0) is 51.8 Å². The summed E-state index contributed by atoms with van der Waals surface area (Å²) in [6.07, 6.45) is -0.342. The maximum Gasteiger partial charge on any atom is 0.137 e. The summed E-state index contributed by atoms with van der Waals surface area (Å²) in [4.78, 5) is 0. The molecule has 0 radical (unpaired) electrons. The summed E-state index contributed by atoms with van der Waals surface area (Å²) in [6, 6.07) is 10.2. The Morgan fingerprint density at radius 3 is 2.60 bits per heavy atom. The van der Waals surface area contributed by atoms with Gasteiger partial charge in [0.05, 0.1) is 17.7 Å². The van der Waals surface area contributed by atoms with E-state index in [9.17, 15) is 9.50 Å². The molecule has 106 valence electrons. The van der Waals surface area contributed by atoms with Gasteiger partial charge in [-0.15, -0.1) is 0 Å². The monoisotopic (exact) mass is 402 g/mol. The van der Waals surface area contributed by atoms with Crippen LogP contribution >= 0.6 is 31.9 Å². The summed E-state index contributed by atoms with van der Waals surface area (Å²) in [6.45, 7) is 0. The number of benzene rings is 2. The first-order valence-electron chi connectivity index (χ1n) is 5.96. The second kappa shape index (κ2) is 6.70. The van der Waals surface area contributed by atoms with Gasteiger partial charge in [-0.25, -0.2) is 4.39 Å². The largest absolute Gasteiger partial charge is 0.496 e. The molecule has 0 aliphatic carbocycles. The Hall–Kier alpha value is -0.910. The SMILES string of the molecule is COc1ccc(Br)cc1C(O)Cc1ccc(F)c(Br)c1. The molecule has 1 N–H and O–H groups in total. The summed E-state index contributed by atoms with van der Waals surface area (Å²) in [7, 11) is 1.56. The van der Waals surface area contributed by atoms with E-state index in [-0.39, 0.29) is 5.82 Å². The zero-order valence-corrected chi connectivity index (χ0v) is 13.9. The third-order valence-corrected chi connectivity index (χ3v) is 4.06. The van der Waals surface area contributed by atoms with Gasteiger partial charge in [0.15, 0.2) is 0 Å². The van der Waals surface area contributed by atoms with Crippen molar-refractivity contribution in [2.45, 2.75) is 12.5 Å². The Labute approximate surface area is 133 Å². The van der Waals surface area contributed by atoms with Crippen LogP contribution in [0.15, 0.2) is 45.3 Å². The average Bonchev–Trinajstić information content (AvgIpc) is 2.43. The summed E-state index contributed by atoms with van der Waals surface area (Å²) in [5, 5.41) is 10.4. The summed E-state index contributed by atoms with van der Waals surface area (Å²) in [5.41, 5.74) is 1.54. The number of hydrogen-bond acceptors (Lipinski definition) is 2. The minimum Gasteiger partial charge on any atom is -0.496 e. The van der Waals surface area contributed by atoms with Crippen LogP contribution in [0.1, 0.15) is 17.2 Å². The van der Waals surface area contributed by atoms with Crippen LogP contribution in [0.25, 0.3) is 0 Å². The molecule has 0 fully saturated rings. The Bertz CT molecular complexity index is 617. The van der Waals surface area contributed by atoms with Gasteiger partial charge in [0.2, 0.25) is 0 Å². The Kier molecular flexibility index (Phi) is 5.18. The number of aliphatic hydroxyl groups excluding tert-OH is 1. The van der Waals surface area contributed by atoms with E-state index >= 15 is 0 Å². The number of aliphatic hydroxyl groups is 1. The van der Waals surface area contributed by atoms with Crippen molar-refractivity contribution in [1.82, 2.24) is 0 Å². The minimum absolute atomic E-state index is 0.316. The maximum absolute atomic E-state index is 13.2. The third-order valence-electron chi connectivity index (χ3n) is 2.96. The molecule has 1 unspecified atom stereocenters. The van der Waals surface area contributed by atoms with E-state index in [2.05, 4.69) is 31.9 Å². The topological polar surface area (TPSA) is 29.5 Å². The molecule has 2 nitrogen and oxygen atoms in total. The molecule has 20 heavy (non-hydrogen) atoms. The molecule has 0 aliphatic heterocycles. The van der Waals surface area contributed by atoms with Crippen LogP contribution in [-0.2, 0) is 6.42 Å². The molecular weight excluding hydrogens is 391 g/mol. The average molecular weight is 404 g/mol. The third kappa shape index (κ3) is 3.59. The smallest absolute Gasteiger partial charge is 0.137 e. The fourth-order valence-corrected chi connectivity index (χ4v) is 2.77. The van der Waals surface area contributed by atoms with Crippen molar-refractivity contribution in [2.24, 2.45) is 0 Å². The zero-order valence-electron chi connectivity index (χ0n) is 10.7. The Morgan fingerprint density at radius 1 is 1.20 bits per heavy atom. The van der Waals surface area contributed by atoms with Crippen LogP contribution < -0.4 is 4.74 Å². The predicted octanol–water partition coefficient (Wildman–Crippen LogP) is 4.64. The fourth-order valence-electron chi connectivity index (χ4n) is 1.97. The van der Waals surface area contributed by atoms with E-state index in [1.54, 1.807) is 25.3 Å². The molecule has 0 spiro atoms. The number of halogens is 3. The molecule has 0 heterocycles. The molecule has 2 aromatic carbocycles. The molecule has 0 bridgehead atoms. The van der Waals surface area contributed by atoms with Crippen molar-refractivity contribution in [2.75, 3.05) is 7.11 Å². The van der Waals surface area contributed by atoms with E-state index < -0.39 is 6.10 Å². The van der Waals surface area contributed by atoms with E-state index in [4.69, 9.17) is 4.74 Å². The highest BCUT2D eigenvalue weighted by Crippen LogP contribution is 2.31. The summed E-state index contributed by atoms with van der Waals surface area (Å²) < 4.78 is 19.7. The lowest BCUT2D eigenvalue weighted by molar-refractivity contribution is 0.174. The Morgan fingerprint density at radius 2 is 1.95 bits per heavy atom. The van der Waals surface area contributed by atoms with Crippen LogP contribution in [-0.4, -0.2) is 12.2 Å². The van der Waals surface area contributed by atoms with Gasteiger partial charge in [-0.1, -0.05) is 22.0 Å². The second-order valence-corrected chi connectivity index (χ2v) is 6.12. The zero-order chi connectivity index (χ0) is 14.7. The molecule has 5 heteroatoms. The molecule has 0 aromatic heterocycles. The van der Waals surface area contributed by atoms with Crippen LogP contribution in [0, 0.1) is 5.82 Å². The van der Waals surface area contributed by atoms with Gasteiger partial charge < -0.3 is 9.84 Å². The van der Waals surface area contributed by atoms with Crippen LogP contribution in [0.4, 0.5) is 4.39 Å². The van der Waals surface area contributed by atoms with Crippen molar-refractivity contribution in [1.29, 1.82) is 0 Å². The normalized spacial score (nSPS) is 12.2. The summed E-state index contributed by atoms with van der Waals surface area (Å²) in [5.74, 6) is 0.310. The lowest BCUT2D eigenvalue weighted by atomic mass is 10.0. The van der Waals surface area contributed by atoms with Crippen LogP contribution in [0.5, 0.6) is 5.75 Å². The highest BCUT2D eigenvalue weighted by atomic mass is 79.9. The van der Waals surface area contributed by atoms with Crippen molar-refractivity contribution in [3.63, 3.8) is 0 Å². The molecule has 2 aromatic rings. The first kappa shape index (κ1) is 15.5. The highest BCUT2D eigenvalue weighted by Gasteiger charge is 2.15. The van der Waals surface area contributed by atoms with E-state index in [0.29, 0.717) is 22.2 Å². The second-order valence-electron chi connectivity index (χ2n) is 4.35. The van der Waals surface area contributed by atoms with Crippen LogP contribution in [0.2, 0.25) is 0 Å². The highest BCUT2D eigenvalue weighted by molar-refractivity contribution is 9.10. The first-order chi connectivity index (χ1) is 9.51. The van der Waals surface area contributed by atoms with Gasteiger partial charge in [0.25, 0.3) is 0 Å². The van der Waals surface area contributed by atoms with Gasteiger partial charge in [0.1, 0.15) is 11.6 Å². The molecular formula is C15H13Br2FO2. The predicted molar refractivity (Wildman–Crippen MR) is 83.5 cm³/mol. The quantitative estimate of drug-likeness (QED) is 0.805. The van der Waals surface area contributed by atoms with Gasteiger partial charge in [-0.3, -0.25) is 0 Å². The maximum atomic E-state index is 13.2. The number of hydrogen-bond donors (Lipinski definition) is 1. The lowest BCUT2D eigenvalue weighted by Gasteiger charge is -2.15. The molecule has 0 aliphatic rings. The molecule has 0 saturated carbocycles. The number of rotatable bonds is 4. The summed E-state index contributed by atoms with van der Waals surface area (Å²) >= 11 is 6.52. The van der Waals surface area contributed by atoms with Gasteiger partial charge in [-0.2, -0.15) is 0 Å². The molecule has 0 amide bonds. The van der Waals surface area contributed by atoms with E-state index in [0.717, 1.165) is 10.0 Å². The molecule has 0 saturated heterocycles. The van der Waals surface area contributed by atoms with Crippen LogP contribution in [0.3, 0.4) is 0 Å². The van der Waals surface area contributed by atoms with E-state index in [1.165, 1.54) is 6.07 Å². The van der Waals surface area contributed by atoms with Crippen molar-refractivity contribution in [3.05, 3.63) is 62.3 Å². The van der Waals surface area contributed by atoms with Gasteiger partial charge in [0, 0.05) is 16.5 Å². The van der Waals surface area contributed by atoms with Crippen molar-refractivity contribution in [3.8, 4) is 5.75 Å². The van der Waals surface area contributed by atoms with Gasteiger partial charge >= 0.3 is 0 Å². The minimum atomic E-state index is -0.722. The molecule has 2 rings (SSSR count). The Balaban J connectivity index is 2.25. The number of methoxy groups -OCH3 is 1. The van der Waals surface area contributed by atoms with Crippen molar-refractivity contribution >= 4 is 31.9 Å².